The van der Waals surface area contributed by atoms with Gasteiger partial charge in [0.2, 0.25) is 0 Å². The zero-order chi connectivity index (χ0) is 20.7. The van der Waals surface area contributed by atoms with Crippen molar-refractivity contribution in [2.24, 2.45) is 0 Å². The van der Waals surface area contributed by atoms with Crippen LogP contribution in [0.1, 0.15) is 62.6 Å². The van der Waals surface area contributed by atoms with Gasteiger partial charge in [-0.2, -0.15) is 5.10 Å². The Morgan fingerprint density at radius 3 is 2.53 bits per heavy atom. The Morgan fingerprint density at radius 2 is 1.83 bits per heavy atom. The van der Waals surface area contributed by atoms with Gasteiger partial charge in [-0.3, -0.25) is 9.69 Å². The van der Waals surface area contributed by atoms with Gasteiger partial charge in [0.15, 0.2) is 0 Å². The summed E-state index contributed by atoms with van der Waals surface area (Å²) in [5.41, 5.74) is 1.21. The monoisotopic (exact) mass is 409 g/mol. The predicted molar refractivity (Wildman–Crippen MR) is 115 cm³/mol. The van der Waals surface area contributed by atoms with Crippen molar-refractivity contribution in [3.8, 4) is 5.75 Å². The van der Waals surface area contributed by atoms with E-state index in [2.05, 4.69) is 22.1 Å². The topological polar surface area (TPSA) is 67.6 Å². The molecule has 6 nitrogen and oxygen atoms in total. The molecule has 2 unspecified atom stereocenters. The fourth-order valence-corrected chi connectivity index (χ4v) is 5.38. The second-order valence-electron chi connectivity index (χ2n) is 9.26. The highest BCUT2D eigenvalue weighted by atomic mass is 16.5. The van der Waals surface area contributed by atoms with Crippen LogP contribution < -0.4 is 10.3 Å². The summed E-state index contributed by atoms with van der Waals surface area (Å²) in [5.74, 6) is 1.45. The summed E-state index contributed by atoms with van der Waals surface area (Å²) < 4.78 is 7.32. The number of hydrogen-bond donors (Lipinski definition) is 1. The second kappa shape index (κ2) is 7.82. The number of aromatic nitrogens is 2. The summed E-state index contributed by atoms with van der Waals surface area (Å²) >= 11 is 0. The maximum Gasteiger partial charge on any atom is 0.266 e. The minimum Gasteiger partial charge on any atom is -0.494 e. The number of ether oxygens (including phenoxy) is 1. The van der Waals surface area contributed by atoms with Crippen LogP contribution in [0, 0.1) is 0 Å². The highest BCUT2D eigenvalue weighted by Gasteiger charge is 2.48. The Kier molecular flexibility index (Phi) is 5.15. The first-order chi connectivity index (χ1) is 14.5. The van der Waals surface area contributed by atoms with E-state index < -0.39 is 5.60 Å². The van der Waals surface area contributed by atoms with Crippen molar-refractivity contribution >= 4 is 0 Å². The van der Waals surface area contributed by atoms with Crippen LogP contribution in [0.5, 0.6) is 5.75 Å². The molecule has 2 atom stereocenters. The highest BCUT2D eigenvalue weighted by Crippen LogP contribution is 2.43. The van der Waals surface area contributed by atoms with E-state index in [0.717, 1.165) is 43.7 Å². The third-order valence-electron chi connectivity index (χ3n) is 6.95. The first-order valence-corrected chi connectivity index (χ1v) is 11.3. The molecule has 3 aliphatic rings. The summed E-state index contributed by atoms with van der Waals surface area (Å²) in [4.78, 5) is 14.9. The molecule has 2 bridgehead atoms. The Hall–Kier alpha value is -2.18. The molecule has 0 radical (unpaired) electrons. The summed E-state index contributed by atoms with van der Waals surface area (Å²) in [6.45, 7) is 3.81. The summed E-state index contributed by atoms with van der Waals surface area (Å²) in [7, 11) is 0. The molecule has 3 fully saturated rings. The van der Waals surface area contributed by atoms with E-state index in [-0.39, 0.29) is 5.56 Å². The lowest BCUT2D eigenvalue weighted by Crippen LogP contribution is -2.53. The molecule has 0 spiro atoms. The number of nitrogens with zero attached hydrogens (tertiary/aromatic N) is 3. The smallest absolute Gasteiger partial charge is 0.266 e. The zero-order valence-corrected chi connectivity index (χ0v) is 17.7. The Morgan fingerprint density at radius 1 is 1.10 bits per heavy atom. The largest absolute Gasteiger partial charge is 0.494 e. The number of piperidine rings is 1. The summed E-state index contributed by atoms with van der Waals surface area (Å²) in [6, 6.07) is 12.4. The molecule has 1 aromatic carbocycles. The third-order valence-corrected chi connectivity index (χ3v) is 6.95. The molecular weight excluding hydrogens is 378 g/mol. The quantitative estimate of drug-likeness (QED) is 0.761. The Bertz CT molecular complexity index is 954. The highest BCUT2D eigenvalue weighted by molar-refractivity contribution is 5.33. The average Bonchev–Trinajstić information content (AvgIpc) is 3.53. The molecule has 160 valence electrons. The molecular formula is C24H31N3O3. The standard InChI is InChI=1S/C24H31N3O3/c1-2-30-22-6-4-3-5-18(22)15-26-19-9-10-20(26)14-24(29,13-19)16-27-23(28)12-11-21(25-27)17-7-8-17/h3-6,11-12,17,19-20,29H,2,7-10,13-16H2,1H3. The number of fused-ring (bicyclic) bond motifs is 2. The van der Waals surface area contributed by atoms with E-state index in [1.807, 2.05) is 25.1 Å². The van der Waals surface area contributed by atoms with Crippen molar-refractivity contribution < 1.29 is 9.84 Å². The molecule has 3 heterocycles. The van der Waals surface area contributed by atoms with Crippen LogP contribution in [0.2, 0.25) is 0 Å². The Balaban J connectivity index is 1.32. The van der Waals surface area contributed by atoms with Gasteiger partial charge in [-0.05, 0) is 57.6 Å². The maximum atomic E-state index is 12.4. The Labute approximate surface area is 177 Å². The number of para-hydroxylation sites is 1. The van der Waals surface area contributed by atoms with Gasteiger partial charge in [0.25, 0.3) is 5.56 Å². The molecule has 0 amide bonds. The van der Waals surface area contributed by atoms with E-state index in [0.29, 0.717) is 44.0 Å². The first-order valence-electron chi connectivity index (χ1n) is 11.3. The molecule has 1 aromatic heterocycles. The van der Waals surface area contributed by atoms with Crippen molar-refractivity contribution in [1.82, 2.24) is 14.7 Å². The fourth-order valence-electron chi connectivity index (χ4n) is 5.38. The van der Waals surface area contributed by atoms with Crippen molar-refractivity contribution in [2.45, 2.75) is 82.1 Å². The normalized spacial score (nSPS) is 28.6. The SMILES string of the molecule is CCOc1ccccc1CN1C2CCC1CC(O)(Cn1nc(C3CC3)ccc1=O)C2. The van der Waals surface area contributed by atoms with E-state index >= 15 is 0 Å². The first kappa shape index (κ1) is 19.8. The van der Waals surface area contributed by atoms with Gasteiger partial charge in [0, 0.05) is 36.2 Å². The van der Waals surface area contributed by atoms with Gasteiger partial charge in [0.05, 0.1) is 24.4 Å². The van der Waals surface area contributed by atoms with Crippen LogP contribution in [-0.4, -0.2) is 44.1 Å². The van der Waals surface area contributed by atoms with E-state index in [9.17, 15) is 9.90 Å². The molecule has 6 heteroatoms. The minimum absolute atomic E-state index is 0.117. The third kappa shape index (κ3) is 3.91. The van der Waals surface area contributed by atoms with Gasteiger partial charge < -0.3 is 9.84 Å². The zero-order valence-electron chi connectivity index (χ0n) is 17.7. The molecule has 2 saturated heterocycles. The van der Waals surface area contributed by atoms with Crippen LogP contribution in [0.15, 0.2) is 41.2 Å². The van der Waals surface area contributed by atoms with Gasteiger partial charge >= 0.3 is 0 Å². The minimum atomic E-state index is -0.874. The van der Waals surface area contributed by atoms with Gasteiger partial charge in [-0.1, -0.05) is 18.2 Å². The molecule has 2 aliphatic heterocycles. The lowest BCUT2D eigenvalue weighted by Gasteiger charge is -2.44. The molecule has 1 N–H and O–H groups in total. The van der Waals surface area contributed by atoms with Crippen molar-refractivity contribution in [1.29, 1.82) is 0 Å². The number of hydrogen-bond acceptors (Lipinski definition) is 5. The number of benzene rings is 1. The fraction of sp³-hybridized carbons (Fsp3) is 0.583. The van der Waals surface area contributed by atoms with Crippen LogP contribution in [0.3, 0.4) is 0 Å². The van der Waals surface area contributed by atoms with Gasteiger partial charge in [-0.25, -0.2) is 4.68 Å². The second-order valence-corrected chi connectivity index (χ2v) is 9.26. The van der Waals surface area contributed by atoms with Gasteiger partial charge in [0.1, 0.15) is 5.75 Å². The van der Waals surface area contributed by atoms with Crippen LogP contribution in [0.4, 0.5) is 0 Å². The maximum absolute atomic E-state index is 12.4. The molecule has 2 aromatic rings. The van der Waals surface area contributed by atoms with E-state index in [1.165, 1.54) is 10.2 Å². The molecule has 5 rings (SSSR count). The van der Waals surface area contributed by atoms with Crippen molar-refractivity contribution in [2.75, 3.05) is 6.61 Å². The van der Waals surface area contributed by atoms with Crippen molar-refractivity contribution in [3.05, 3.63) is 58.0 Å². The number of aliphatic hydroxyl groups is 1. The number of rotatable bonds is 7. The van der Waals surface area contributed by atoms with Crippen molar-refractivity contribution in [3.63, 3.8) is 0 Å². The van der Waals surface area contributed by atoms with Gasteiger partial charge in [-0.15, -0.1) is 0 Å². The van der Waals surface area contributed by atoms with Crippen LogP contribution in [0.25, 0.3) is 0 Å². The molecule has 1 aliphatic carbocycles. The van der Waals surface area contributed by atoms with Crippen LogP contribution >= 0.6 is 0 Å². The molecule has 30 heavy (non-hydrogen) atoms. The lowest BCUT2D eigenvalue weighted by atomic mass is 9.85. The lowest BCUT2D eigenvalue weighted by molar-refractivity contribution is -0.0679. The average molecular weight is 410 g/mol. The van der Waals surface area contributed by atoms with E-state index in [1.54, 1.807) is 6.07 Å². The molecule has 1 saturated carbocycles. The van der Waals surface area contributed by atoms with Crippen LogP contribution in [-0.2, 0) is 13.1 Å². The predicted octanol–water partition coefficient (Wildman–Crippen LogP) is 3.08. The summed E-state index contributed by atoms with van der Waals surface area (Å²) in [6.07, 6.45) is 5.85. The van der Waals surface area contributed by atoms with E-state index in [4.69, 9.17) is 4.74 Å². The summed E-state index contributed by atoms with van der Waals surface area (Å²) in [5, 5.41) is 16.0.